The summed E-state index contributed by atoms with van der Waals surface area (Å²) in [5, 5.41) is 2.59. The van der Waals surface area contributed by atoms with Crippen molar-refractivity contribution in [3.05, 3.63) is 101 Å². The third-order valence-corrected chi connectivity index (χ3v) is 5.92. The van der Waals surface area contributed by atoms with Crippen LogP contribution < -0.4 is 14.2 Å². The zero-order valence-corrected chi connectivity index (χ0v) is 17.8. The van der Waals surface area contributed by atoms with Crippen LogP contribution in [0.5, 0.6) is 17.2 Å². The highest BCUT2D eigenvalue weighted by atomic mass is 16.7. The number of benzene rings is 4. The minimum absolute atomic E-state index is 0.315. The van der Waals surface area contributed by atoms with E-state index >= 15 is 0 Å². The summed E-state index contributed by atoms with van der Waals surface area (Å²) in [6, 6.07) is 28.1. The Morgan fingerprint density at radius 1 is 0.613 bits per heavy atom. The van der Waals surface area contributed by atoms with Gasteiger partial charge in [0.25, 0.3) is 0 Å². The molecule has 0 radical (unpaired) electrons. The molecule has 0 spiro atoms. The van der Waals surface area contributed by atoms with Crippen LogP contribution in [-0.2, 0) is 25.7 Å². The van der Waals surface area contributed by atoms with Gasteiger partial charge < -0.3 is 14.2 Å². The van der Waals surface area contributed by atoms with Gasteiger partial charge in [-0.15, -0.1) is 0 Å². The Balaban J connectivity index is 1.28. The fourth-order valence-electron chi connectivity index (χ4n) is 4.20. The number of hydrogen-bond donors (Lipinski definition) is 0. The summed E-state index contributed by atoms with van der Waals surface area (Å²) in [7, 11) is 1.74. The molecule has 0 fully saturated rings. The van der Waals surface area contributed by atoms with Crippen molar-refractivity contribution in [2.45, 2.75) is 25.7 Å². The average molecular weight is 411 g/mol. The Hall–Kier alpha value is -3.46. The summed E-state index contributed by atoms with van der Waals surface area (Å²) in [4.78, 5) is 0. The van der Waals surface area contributed by atoms with Crippen molar-refractivity contribution in [1.29, 1.82) is 0 Å². The lowest BCUT2D eigenvalue weighted by atomic mass is 9.97. The average Bonchev–Trinajstić information content (AvgIpc) is 3.29. The highest BCUT2D eigenvalue weighted by Crippen LogP contribution is 2.33. The lowest BCUT2D eigenvalue weighted by Crippen LogP contribution is -1.97. The fraction of sp³-hybridized carbons (Fsp3) is 0.214. The topological polar surface area (TPSA) is 27.7 Å². The minimum atomic E-state index is 0.315. The largest absolute Gasteiger partial charge is 0.497 e. The zero-order valence-electron chi connectivity index (χ0n) is 17.8. The molecule has 0 saturated carbocycles. The Morgan fingerprint density at radius 2 is 1.26 bits per heavy atom. The number of methoxy groups -OCH3 is 1. The normalized spacial score (nSPS) is 12.3. The summed E-state index contributed by atoms with van der Waals surface area (Å²) in [5.74, 6) is 2.61. The molecular weight excluding hydrogens is 384 g/mol. The van der Waals surface area contributed by atoms with E-state index in [0.29, 0.717) is 6.79 Å². The van der Waals surface area contributed by atoms with Crippen LogP contribution in [0, 0.1) is 0 Å². The molecule has 1 aliphatic heterocycles. The van der Waals surface area contributed by atoms with Crippen LogP contribution in [-0.4, -0.2) is 13.9 Å². The van der Waals surface area contributed by atoms with Crippen LogP contribution in [0.15, 0.2) is 78.9 Å². The van der Waals surface area contributed by atoms with E-state index in [1.54, 1.807) is 7.11 Å². The van der Waals surface area contributed by atoms with Crippen molar-refractivity contribution in [3.8, 4) is 17.2 Å². The van der Waals surface area contributed by atoms with E-state index in [-0.39, 0.29) is 0 Å². The first-order chi connectivity index (χ1) is 15.3. The zero-order chi connectivity index (χ0) is 21.0. The molecule has 0 amide bonds. The molecular formula is C28H26O3. The second-order valence-corrected chi connectivity index (χ2v) is 8.06. The van der Waals surface area contributed by atoms with E-state index in [1.807, 2.05) is 6.07 Å². The second kappa shape index (κ2) is 8.73. The SMILES string of the molecule is COc1cc(CCc2ccc3c(c2)OCO3)cc(CCc2ccc3ccccc3c2)c1. The van der Waals surface area contributed by atoms with Crippen molar-refractivity contribution in [2.75, 3.05) is 13.9 Å². The highest BCUT2D eigenvalue weighted by Gasteiger charge is 2.13. The molecule has 0 bridgehead atoms. The van der Waals surface area contributed by atoms with Gasteiger partial charge in [-0.2, -0.15) is 0 Å². The maximum Gasteiger partial charge on any atom is 0.231 e. The monoisotopic (exact) mass is 410 g/mol. The Kier molecular flexibility index (Phi) is 5.49. The van der Waals surface area contributed by atoms with Crippen molar-refractivity contribution >= 4 is 10.8 Å². The molecule has 4 aromatic rings. The van der Waals surface area contributed by atoms with Crippen LogP contribution >= 0.6 is 0 Å². The first-order valence-electron chi connectivity index (χ1n) is 10.8. The molecule has 156 valence electrons. The summed E-state index contributed by atoms with van der Waals surface area (Å²) in [5.41, 5.74) is 5.23. The Labute approximate surface area is 183 Å². The first kappa shape index (κ1) is 19.5. The Bertz CT molecular complexity index is 1210. The predicted octanol–water partition coefficient (Wildman–Crippen LogP) is 6.15. The molecule has 5 rings (SSSR count). The summed E-state index contributed by atoms with van der Waals surface area (Å²) >= 11 is 0. The van der Waals surface area contributed by atoms with Gasteiger partial charge in [-0.25, -0.2) is 0 Å². The molecule has 3 nitrogen and oxygen atoms in total. The maximum atomic E-state index is 5.58. The Morgan fingerprint density at radius 3 is 2.03 bits per heavy atom. The number of rotatable bonds is 7. The third kappa shape index (κ3) is 4.51. The van der Waals surface area contributed by atoms with Gasteiger partial charge >= 0.3 is 0 Å². The standard InChI is InChI=1S/C28H26O3/c1-29-26-16-22(8-6-20-10-12-24-4-2-3-5-25(24)15-20)14-23(17-26)9-7-21-11-13-27-28(18-21)31-19-30-27/h2-5,10-18H,6-9,19H2,1H3. The lowest BCUT2D eigenvalue weighted by Gasteiger charge is -2.10. The maximum absolute atomic E-state index is 5.58. The molecule has 3 heteroatoms. The summed E-state index contributed by atoms with van der Waals surface area (Å²) < 4.78 is 16.5. The molecule has 0 N–H and O–H groups in total. The molecule has 1 aliphatic rings. The second-order valence-electron chi connectivity index (χ2n) is 8.06. The summed E-state index contributed by atoms with van der Waals surface area (Å²) in [6.07, 6.45) is 3.92. The van der Waals surface area contributed by atoms with Crippen molar-refractivity contribution < 1.29 is 14.2 Å². The predicted molar refractivity (Wildman–Crippen MR) is 124 cm³/mol. The molecule has 0 saturated heterocycles. The van der Waals surface area contributed by atoms with Crippen LogP contribution in [0.4, 0.5) is 0 Å². The number of aryl methyl sites for hydroxylation is 4. The smallest absolute Gasteiger partial charge is 0.231 e. The number of hydrogen-bond acceptors (Lipinski definition) is 3. The van der Waals surface area contributed by atoms with Gasteiger partial charge in [0.1, 0.15) is 5.75 Å². The number of ether oxygens (including phenoxy) is 3. The third-order valence-electron chi connectivity index (χ3n) is 5.92. The van der Waals surface area contributed by atoms with Crippen LogP contribution in [0.3, 0.4) is 0 Å². The van der Waals surface area contributed by atoms with E-state index in [0.717, 1.165) is 42.9 Å². The van der Waals surface area contributed by atoms with Crippen LogP contribution in [0.2, 0.25) is 0 Å². The fourth-order valence-corrected chi connectivity index (χ4v) is 4.20. The van der Waals surface area contributed by atoms with Gasteiger partial charge in [0.15, 0.2) is 11.5 Å². The van der Waals surface area contributed by atoms with E-state index in [1.165, 1.54) is 33.0 Å². The van der Waals surface area contributed by atoms with Gasteiger partial charge in [-0.1, -0.05) is 54.6 Å². The van der Waals surface area contributed by atoms with Gasteiger partial charge in [0.05, 0.1) is 7.11 Å². The molecule has 0 aliphatic carbocycles. The van der Waals surface area contributed by atoms with Crippen molar-refractivity contribution in [1.82, 2.24) is 0 Å². The van der Waals surface area contributed by atoms with Gasteiger partial charge in [0.2, 0.25) is 6.79 Å². The molecule has 31 heavy (non-hydrogen) atoms. The molecule has 4 aromatic carbocycles. The minimum Gasteiger partial charge on any atom is -0.497 e. The van der Waals surface area contributed by atoms with E-state index in [4.69, 9.17) is 14.2 Å². The van der Waals surface area contributed by atoms with E-state index < -0.39 is 0 Å². The van der Waals surface area contributed by atoms with Gasteiger partial charge in [-0.05, 0) is 83.0 Å². The highest BCUT2D eigenvalue weighted by molar-refractivity contribution is 5.83. The summed E-state index contributed by atoms with van der Waals surface area (Å²) in [6.45, 7) is 0.315. The molecule has 0 atom stereocenters. The van der Waals surface area contributed by atoms with Gasteiger partial charge in [-0.3, -0.25) is 0 Å². The van der Waals surface area contributed by atoms with E-state index in [9.17, 15) is 0 Å². The molecule has 0 aromatic heterocycles. The molecule has 0 unspecified atom stereocenters. The lowest BCUT2D eigenvalue weighted by molar-refractivity contribution is 0.174. The first-order valence-corrected chi connectivity index (χ1v) is 10.8. The van der Waals surface area contributed by atoms with Crippen LogP contribution in [0.25, 0.3) is 10.8 Å². The van der Waals surface area contributed by atoms with Crippen LogP contribution in [0.1, 0.15) is 22.3 Å². The van der Waals surface area contributed by atoms with Crippen molar-refractivity contribution in [3.63, 3.8) is 0 Å². The van der Waals surface area contributed by atoms with E-state index in [2.05, 4.69) is 72.8 Å². The van der Waals surface area contributed by atoms with Gasteiger partial charge in [0, 0.05) is 0 Å². The van der Waals surface area contributed by atoms with Crippen molar-refractivity contribution in [2.24, 2.45) is 0 Å². The molecule has 1 heterocycles. The quantitative estimate of drug-likeness (QED) is 0.366. The number of fused-ring (bicyclic) bond motifs is 2.